The zero-order valence-corrected chi connectivity index (χ0v) is 11.4. The molecular formula is C14H18N4O2. The first kappa shape index (κ1) is 14.2. The summed E-state index contributed by atoms with van der Waals surface area (Å²) >= 11 is 0. The van der Waals surface area contributed by atoms with Crippen molar-refractivity contribution in [2.45, 2.75) is 13.3 Å². The number of aromatic nitrogens is 1. The molecule has 2 N–H and O–H groups in total. The van der Waals surface area contributed by atoms with Crippen LogP contribution in [0.15, 0.2) is 30.5 Å². The van der Waals surface area contributed by atoms with Crippen LogP contribution in [-0.4, -0.2) is 29.5 Å². The van der Waals surface area contributed by atoms with E-state index in [1.54, 1.807) is 0 Å². The molecule has 1 aromatic heterocycles. The third-order valence-electron chi connectivity index (χ3n) is 3.03. The number of fused-ring (bicyclic) bond motifs is 1. The Hall–Kier alpha value is -2.21. The van der Waals surface area contributed by atoms with E-state index in [9.17, 15) is 10.1 Å². The standard InChI is InChI=1S/C14H18N4O2/c1-2-15-8-5-9-16-14-11-6-3-4-7-12(11)17-10-13(14)18(19)20/h3-4,6-7,10,15H,2,5,8-9H2,1H3,(H,16,17). The number of anilines is 1. The molecule has 0 radical (unpaired) electrons. The van der Waals surface area contributed by atoms with Crippen LogP contribution in [-0.2, 0) is 0 Å². The number of hydrogen-bond acceptors (Lipinski definition) is 5. The van der Waals surface area contributed by atoms with E-state index in [1.807, 2.05) is 24.3 Å². The van der Waals surface area contributed by atoms with Crippen LogP contribution >= 0.6 is 0 Å². The Balaban J connectivity index is 2.23. The smallest absolute Gasteiger partial charge is 0.311 e. The lowest BCUT2D eigenvalue weighted by atomic mass is 10.1. The van der Waals surface area contributed by atoms with Gasteiger partial charge in [-0.25, -0.2) is 4.98 Å². The first-order valence-corrected chi connectivity index (χ1v) is 6.70. The van der Waals surface area contributed by atoms with Gasteiger partial charge in [-0.3, -0.25) is 10.1 Å². The molecule has 0 bridgehead atoms. The summed E-state index contributed by atoms with van der Waals surface area (Å²) in [6.45, 7) is 4.55. The Morgan fingerprint density at radius 2 is 2.10 bits per heavy atom. The van der Waals surface area contributed by atoms with Gasteiger partial charge in [0.05, 0.1) is 10.4 Å². The van der Waals surface area contributed by atoms with Crippen molar-refractivity contribution in [1.29, 1.82) is 0 Å². The molecule has 0 aliphatic carbocycles. The molecule has 0 amide bonds. The van der Waals surface area contributed by atoms with E-state index in [1.165, 1.54) is 6.20 Å². The van der Waals surface area contributed by atoms with Crippen LogP contribution in [0.5, 0.6) is 0 Å². The summed E-state index contributed by atoms with van der Waals surface area (Å²) in [4.78, 5) is 14.8. The zero-order chi connectivity index (χ0) is 14.4. The van der Waals surface area contributed by atoms with E-state index in [2.05, 4.69) is 22.5 Å². The Morgan fingerprint density at radius 1 is 1.30 bits per heavy atom. The normalized spacial score (nSPS) is 10.7. The molecule has 20 heavy (non-hydrogen) atoms. The zero-order valence-electron chi connectivity index (χ0n) is 11.4. The lowest BCUT2D eigenvalue weighted by Gasteiger charge is -2.10. The number of nitrogens with one attached hydrogen (secondary N) is 2. The van der Waals surface area contributed by atoms with E-state index in [4.69, 9.17) is 0 Å². The first-order chi connectivity index (χ1) is 9.74. The van der Waals surface area contributed by atoms with Crippen molar-refractivity contribution in [2.24, 2.45) is 0 Å². The number of pyridine rings is 1. The van der Waals surface area contributed by atoms with Gasteiger partial charge in [0.2, 0.25) is 0 Å². The van der Waals surface area contributed by atoms with Crippen molar-refractivity contribution in [3.8, 4) is 0 Å². The second-order valence-electron chi connectivity index (χ2n) is 4.43. The van der Waals surface area contributed by atoms with Gasteiger partial charge >= 0.3 is 5.69 Å². The third-order valence-corrected chi connectivity index (χ3v) is 3.03. The maximum atomic E-state index is 11.1. The lowest BCUT2D eigenvalue weighted by Crippen LogP contribution is -2.17. The molecule has 6 heteroatoms. The summed E-state index contributed by atoms with van der Waals surface area (Å²) < 4.78 is 0. The van der Waals surface area contributed by atoms with Crippen molar-refractivity contribution < 1.29 is 4.92 Å². The average molecular weight is 274 g/mol. The molecule has 0 aliphatic rings. The van der Waals surface area contributed by atoms with Gasteiger partial charge in [0.25, 0.3) is 0 Å². The van der Waals surface area contributed by atoms with E-state index in [0.29, 0.717) is 12.2 Å². The SMILES string of the molecule is CCNCCCNc1c([N+](=O)[O-])cnc2ccccc12. The third kappa shape index (κ3) is 3.21. The highest BCUT2D eigenvalue weighted by Gasteiger charge is 2.17. The van der Waals surface area contributed by atoms with Gasteiger partial charge < -0.3 is 10.6 Å². The Labute approximate surface area is 117 Å². The van der Waals surface area contributed by atoms with E-state index >= 15 is 0 Å². The average Bonchev–Trinajstić information content (AvgIpc) is 2.46. The molecule has 106 valence electrons. The van der Waals surface area contributed by atoms with Crippen LogP contribution in [0.4, 0.5) is 11.4 Å². The molecule has 0 atom stereocenters. The summed E-state index contributed by atoms with van der Waals surface area (Å²) in [6.07, 6.45) is 2.22. The Kier molecular flexibility index (Phi) is 4.84. The van der Waals surface area contributed by atoms with Crippen LogP contribution in [0, 0.1) is 10.1 Å². The summed E-state index contributed by atoms with van der Waals surface area (Å²) in [5.41, 5.74) is 1.33. The van der Waals surface area contributed by atoms with Crippen molar-refractivity contribution in [1.82, 2.24) is 10.3 Å². The van der Waals surface area contributed by atoms with E-state index in [-0.39, 0.29) is 5.69 Å². The van der Waals surface area contributed by atoms with Crippen LogP contribution < -0.4 is 10.6 Å². The number of nitro groups is 1. The monoisotopic (exact) mass is 274 g/mol. The lowest BCUT2D eigenvalue weighted by molar-refractivity contribution is -0.384. The summed E-state index contributed by atoms with van der Waals surface area (Å²) in [5.74, 6) is 0. The second-order valence-corrected chi connectivity index (χ2v) is 4.43. The number of rotatable bonds is 7. The van der Waals surface area contributed by atoms with E-state index in [0.717, 1.165) is 30.4 Å². The van der Waals surface area contributed by atoms with Crippen LogP contribution in [0.1, 0.15) is 13.3 Å². The molecule has 1 aromatic carbocycles. The Morgan fingerprint density at radius 3 is 2.85 bits per heavy atom. The molecule has 0 unspecified atom stereocenters. The molecular weight excluding hydrogens is 256 g/mol. The van der Waals surface area contributed by atoms with Crippen LogP contribution in [0.25, 0.3) is 10.9 Å². The highest BCUT2D eigenvalue weighted by Crippen LogP contribution is 2.31. The minimum atomic E-state index is -0.397. The second kappa shape index (κ2) is 6.81. The fourth-order valence-electron chi connectivity index (χ4n) is 2.06. The van der Waals surface area contributed by atoms with Gasteiger partial charge in [-0.05, 0) is 25.6 Å². The van der Waals surface area contributed by atoms with Gasteiger partial charge in [-0.15, -0.1) is 0 Å². The molecule has 0 saturated carbocycles. The number of nitrogens with zero attached hydrogens (tertiary/aromatic N) is 2. The minimum Gasteiger partial charge on any atom is -0.379 e. The van der Waals surface area contributed by atoms with Crippen molar-refractivity contribution in [3.63, 3.8) is 0 Å². The maximum absolute atomic E-state index is 11.1. The predicted octanol–water partition coefficient (Wildman–Crippen LogP) is 2.55. The molecule has 0 spiro atoms. The molecule has 0 saturated heterocycles. The fraction of sp³-hybridized carbons (Fsp3) is 0.357. The fourth-order valence-corrected chi connectivity index (χ4v) is 2.06. The van der Waals surface area contributed by atoms with Gasteiger partial charge in [-0.2, -0.15) is 0 Å². The summed E-state index contributed by atoms with van der Waals surface area (Å²) in [5, 5.41) is 18.3. The van der Waals surface area contributed by atoms with Crippen LogP contribution in [0.2, 0.25) is 0 Å². The molecule has 2 rings (SSSR count). The molecule has 1 heterocycles. The van der Waals surface area contributed by atoms with Crippen molar-refractivity contribution in [2.75, 3.05) is 25.0 Å². The predicted molar refractivity (Wildman–Crippen MR) is 80.0 cm³/mol. The van der Waals surface area contributed by atoms with Gasteiger partial charge in [0.1, 0.15) is 11.9 Å². The van der Waals surface area contributed by atoms with Gasteiger partial charge in [0.15, 0.2) is 0 Å². The molecule has 0 aliphatic heterocycles. The van der Waals surface area contributed by atoms with Crippen molar-refractivity contribution >= 4 is 22.3 Å². The van der Waals surface area contributed by atoms with E-state index < -0.39 is 4.92 Å². The first-order valence-electron chi connectivity index (χ1n) is 6.70. The molecule has 2 aromatic rings. The number of hydrogen-bond donors (Lipinski definition) is 2. The number of para-hydroxylation sites is 1. The maximum Gasteiger partial charge on any atom is 0.311 e. The van der Waals surface area contributed by atoms with Gasteiger partial charge in [-0.1, -0.05) is 25.1 Å². The largest absolute Gasteiger partial charge is 0.379 e. The molecule has 0 fully saturated rings. The van der Waals surface area contributed by atoms with Crippen molar-refractivity contribution in [3.05, 3.63) is 40.6 Å². The molecule has 6 nitrogen and oxygen atoms in total. The highest BCUT2D eigenvalue weighted by molar-refractivity contribution is 5.95. The van der Waals surface area contributed by atoms with Crippen LogP contribution in [0.3, 0.4) is 0 Å². The number of benzene rings is 1. The quantitative estimate of drug-likeness (QED) is 0.461. The summed E-state index contributed by atoms with van der Waals surface area (Å²) in [7, 11) is 0. The minimum absolute atomic E-state index is 0.0205. The summed E-state index contributed by atoms with van der Waals surface area (Å²) in [6, 6.07) is 7.43. The van der Waals surface area contributed by atoms with Gasteiger partial charge in [0, 0.05) is 11.9 Å². The Bertz CT molecular complexity index is 601. The highest BCUT2D eigenvalue weighted by atomic mass is 16.6. The topological polar surface area (TPSA) is 80.1 Å².